The van der Waals surface area contributed by atoms with Crippen LogP contribution in [0.3, 0.4) is 0 Å². The molecule has 1 N–H and O–H groups in total. The Balaban J connectivity index is 2.12. The van der Waals surface area contributed by atoms with Crippen molar-refractivity contribution in [1.82, 2.24) is 0 Å². The Kier molecular flexibility index (Phi) is 5.44. The standard InChI is InChI=1S/C21H22F3NO2/c1-3-15-16(13-7-9-14(27-2)10-8-13)11-17-18(21(22,23)24)5-4-6-19(17)25-20(15)12-26/h4-10,12,15-16,20,25H,3,11H2,1-2H3. The predicted molar refractivity (Wildman–Crippen MR) is 98.1 cm³/mol. The summed E-state index contributed by atoms with van der Waals surface area (Å²) < 4.78 is 45.9. The molecule has 3 unspecified atom stereocenters. The summed E-state index contributed by atoms with van der Waals surface area (Å²) in [5.74, 6) is 0.347. The first-order chi connectivity index (χ1) is 12.9. The Hall–Kier alpha value is -2.50. The minimum absolute atomic E-state index is 0.121. The molecule has 0 fully saturated rings. The van der Waals surface area contributed by atoms with Gasteiger partial charge >= 0.3 is 6.18 Å². The van der Waals surface area contributed by atoms with E-state index in [4.69, 9.17) is 4.74 Å². The third-order valence-electron chi connectivity index (χ3n) is 5.37. The van der Waals surface area contributed by atoms with Gasteiger partial charge in [-0.15, -0.1) is 0 Å². The van der Waals surface area contributed by atoms with Gasteiger partial charge in [0.2, 0.25) is 0 Å². The summed E-state index contributed by atoms with van der Waals surface area (Å²) in [6, 6.07) is 10.9. The third-order valence-corrected chi connectivity index (χ3v) is 5.37. The van der Waals surface area contributed by atoms with Gasteiger partial charge in [-0.05, 0) is 53.6 Å². The Morgan fingerprint density at radius 1 is 1.19 bits per heavy atom. The van der Waals surface area contributed by atoms with Gasteiger partial charge in [0.15, 0.2) is 0 Å². The van der Waals surface area contributed by atoms with Crippen LogP contribution in [0.2, 0.25) is 0 Å². The molecule has 2 aromatic carbocycles. The van der Waals surface area contributed by atoms with Crippen LogP contribution >= 0.6 is 0 Å². The predicted octanol–water partition coefficient (Wildman–Crippen LogP) is 5.06. The molecule has 0 aromatic heterocycles. The van der Waals surface area contributed by atoms with E-state index in [-0.39, 0.29) is 23.8 Å². The van der Waals surface area contributed by atoms with Gasteiger partial charge in [-0.2, -0.15) is 13.2 Å². The van der Waals surface area contributed by atoms with Crippen LogP contribution in [0.4, 0.5) is 18.9 Å². The van der Waals surface area contributed by atoms with Crippen LogP contribution in [0.5, 0.6) is 5.75 Å². The van der Waals surface area contributed by atoms with Crippen LogP contribution in [-0.2, 0) is 17.4 Å². The molecule has 2 aromatic rings. The van der Waals surface area contributed by atoms with Crippen molar-refractivity contribution in [2.24, 2.45) is 5.92 Å². The Bertz CT molecular complexity index is 802. The fraction of sp³-hybridized carbons (Fsp3) is 0.381. The van der Waals surface area contributed by atoms with E-state index in [0.29, 0.717) is 17.9 Å². The molecule has 0 bridgehead atoms. The third kappa shape index (κ3) is 3.80. The summed E-state index contributed by atoms with van der Waals surface area (Å²) in [6.07, 6.45) is -2.75. The number of aldehydes is 1. The van der Waals surface area contributed by atoms with Gasteiger partial charge in [0.1, 0.15) is 12.0 Å². The Morgan fingerprint density at radius 2 is 1.89 bits per heavy atom. The maximum Gasteiger partial charge on any atom is 0.416 e. The van der Waals surface area contributed by atoms with Gasteiger partial charge in [0.25, 0.3) is 0 Å². The molecule has 0 spiro atoms. The monoisotopic (exact) mass is 377 g/mol. The van der Waals surface area contributed by atoms with Crippen molar-refractivity contribution in [3.63, 3.8) is 0 Å². The quantitative estimate of drug-likeness (QED) is 0.757. The van der Waals surface area contributed by atoms with Crippen molar-refractivity contribution >= 4 is 12.0 Å². The average molecular weight is 377 g/mol. The molecule has 3 nitrogen and oxygen atoms in total. The second kappa shape index (κ2) is 7.62. The molecule has 0 aliphatic carbocycles. The molecule has 3 rings (SSSR count). The largest absolute Gasteiger partial charge is 0.497 e. The zero-order valence-electron chi connectivity index (χ0n) is 15.2. The SMILES string of the molecule is CCC1C(C=O)Nc2cccc(C(F)(F)F)c2CC1c1ccc(OC)cc1. The fourth-order valence-electron chi connectivity index (χ4n) is 4.01. The molecule has 0 saturated carbocycles. The minimum Gasteiger partial charge on any atom is -0.497 e. The lowest BCUT2D eigenvalue weighted by molar-refractivity contribution is -0.138. The van der Waals surface area contributed by atoms with Crippen LogP contribution in [0.25, 0.3) is 0 Å². The summed E-state index contributed by atoms with van der Waals surface area (Å²) in [4.78, 5) is 11.7. The second-order valence-corrected chi connectivity index (χ2v) is 6.79. The van der Waals surface area contributed by atoms with Crippen LogP contribution in [0.15, 0.2) is 42.5 Å². The van der Waals surface area contributed by atoms with E-state index < -0.39 is 17.8 Å². The maximum absolute atomic E-state index is 13.6. The molecule has 0 radical (unpaired) electrons. The lowest BCUT2D eigenvalue weighted by Crippen LogP contribution is -2.33. The number of nitrogens with one attached hydrogen (secondary N) is 1. The Morgan fingerprint density at radius 3 is 2.44 bits per heavy atom. The zero-order chi connectivity index (χ0) is 19.6. The lowest BCUT2D eigenvalue weighted by atomic mass is 9.77. The van der Waals surface area contributed by atoms with E-state index in [1.54, 1.807) is 25.3 Å². The number of rotatable bonds is 4. The summed E-state index contributed by atoms with van der Waals surface area (Å²) in [5.41, 5.74) is 0.860. The highest BCUT2D eigenvalue weighted by molar-refractivity contribution is 5.69. The van der Waals surface area contributed by atoms with Crippen molar-refractivity contribution in [1.29, 1.82) is 0 Å². The van der Waals surface area contributed by atoms with Crippen molar-refractivity contribution < 1.29 is 22.7 Å². The smallest absolute Gasteiger partial charge is 0.416 e. The second-order valence-electron chi connectivity index (χ2n) is 6.79. The lowest BCUT2D eigenvalue weighted by Gasteiger charge is -2.28. The van der Waals surface area contributed by atoms with E-state index in [1.807, 2.05) is 19.1 Å². The number of benzene rings is 2. The molecule has 1 aliphatic heterocycles. The number of ether oxygens (including phenoxy) is 1. The number of methoxy groups -OCH3 is 1. The molecular weight excluding hydrogens is 355 g/mol. The molecule has 6 heteroatoms. The molecule has 27 heavy (non-hydrogen) atoms. The van der Waals surface area contributed by atoms with Crippen LogP contribution in [0.1, 0.15) is 36.0 Å². The fourth-order valence-corrected chi connectivity index (χ4v) is 4.01. The number of carbonyl (C=O) groups is 1. The van der Waals surface area contributed by atoms with Gasteiger partial charge < -0.3 is 14.8 Å². The first-order valence-electron chi connectivity index (χ1n) is 8.93. The van der Waals surface area contributed by atoms with Crippen molar-refractivity contribution in [2.45, 2.75) is 37.9 Å². The molecule has 0 saturated heterocycles. The van der Waals surface area contributed by atoms with E-state index in [2.05, 4.69) is 5.32 Å². The number of hydrogen-bond donors (Lipinski definition) is 1. The highest BCUT2D eigenvalue weighted by Gasteiger charge is 2.39. The van der Waals surface area contributed by atoms with E-state index in [1.165, 1.54) is 6.07 Å². The van der Waals surface area contributed by atoms with Gasteiger partial charge in [-0.3, -0.25) is 0 Å². The normalized spacial score (nSPS) is 22.3. The average Bonchev–Trinajstić information content (AvgIpc) is 2.83. The minimum atomic E-state index is -4.44. The highest BCUT2D eigenvalue weighted by Crippen LogP contribution is 2.43. The van der Waals surface area contributed by atoms with Crippen LogP contribution in [0, 0.1) is 5.92 Å². The number of fused-ring (bicyclic) bond motifs is 1. The number of carbonyl (C=O) groups excluding carboxylic acids is 1. The van der Waals surface area contributed by atoms with Gasteiger partial charge in [0.05, 0.1) is 18.7 Å². The summed E-state index contributed by atoms with van der Waals surface area (Å²) in [5, 5.41) is 3.05. The number of alkyl halides is 3. The summed E-state index contributed by atoms with van der Waals surface area (Å²) in [7, 11) is 1.56. The number of halogens is 3. The summed E-state index contributed by atoms with van der Waals surface area (Å²) in [6.45, 7) is 1.96. The van der Waals surface area contributed by atoms with E-state index >= 15 is 0 Å². The van der Waals surface area contributed by atoms with Crippen molar-refractivity contribution in [3.8, 4) is 5.75 Å². The topological polar surface area (TPSA) is 38.3 Å². The van der Waals surface area contributed by atoms with Gasteiger partial charge in [-0.1, -0.05) is 31.5 Å². The zero-order valence-corrected chi connectivity index (χ0v) is 15.2. The molecule has 144 valence electrons. The molecular formula is C21H22F3NO2. The number of anilines is 1. The maximum atomic E-state index is 13.6. The highest BCUT2D eigenvalue weighted by atomic mass is 19.4. The molecule has 0 amide bonds. The molecule has 3 atom stereocenters. The van der Waals surface area contributed by atoms with Crippen molar-refractivity contribution in [3.05, 3.63) is 59.2 Å². The van der Waals surface area contributed by atoms with E-state index in [0.717, 1.165) is 17.9 Å². The molecule has 1 aliphatic rings. The number of hydrogen-bond acceptors (Lipinski definition) is 3. The van der Waals surface area contributed by atoms with Crippen LogP contribution < -0.4 is 10.1 Å². The van der Waals surface area contributed by atoms with E-state index in [9.17, 15) is 18.0 Å². The molecule has 1 heterocycles. The van der Waals surface area contributed by atoms with Gasteiger partial charge in [0, 0.05) is 5.69 Å². The van der Waals surface area contributed by atoms with Crippen LogP contribution in [-0.4, -0.2) is 19.4 Å². The Labute approximate surface area is 156 Å². The first kappa shape index (κ1) is 19.3. The van der Waals surface area contributed by atoms with Crippen molar-refractivity contribution in [2.75, 3.05) is 12.4 Å². The summed E-state index contributed by atoms with van der Waals surface area (Å²) >= 11 is 0. The van der Waals surface area contributed by atoms with Gasteiger partial charge in [-0.25, -0.2) is 0 Å². The first-order valence-corrected chi connectivity index (χ1v) is 8.93.